The van der Waals surface area contributed by atoms with Crippen molar-refractivity contribution in [2.24, 2.45) is 11.7 Å². The van der Waals surface area contributed by atoms with Crippen LogP contribution in [0.1, 0.15) is 32.6 Å². The molecule has 1 aromatic rings. The molecule has 2 rings (SSSR count). The second-order valence-corrected chi connectivity index (χ2v) is 5.97. The molecule has 0 bridgehead atoms. The average Bonchev–Trinajstić information content (AvgIpc) is 2.44. The molecule has 1 aliphatic carbocycles. The predicted molar refractivity (Wildman–Crippen MR) is 83.0 cm³/mol. The maximum absolute atomic E-state index is 12.2. The number of rotatable bonds is 3. The lowest BCUT2D eigenvalue weighted by molar-refractivity contribution is 0.166. The Morgan fingerprint density at radius 2 is 2.20 bits per heavy atom. The van der Waals surface area contributed by atoms with Gasteiger partial charge >= 0.3 is 6.03 Å². The second-order valence-electron chi connectivity index (χ2n) is 5.57. The van der Waals surface area contributed by atoms with Gasteiger partial charge in [-0.15, -0.1) is 0 Å². The molecular weight excluding hydrogens is 274 g/mol. The van der Waals surface area contributed by atoms with Gasteiger partial charge in [0.1, 0.15) is 0 Å². The Hall–Kier alpha value is -1.26. The van der Waals surface area contributed by atoms with E-state index >= 15 is 0 Å². The van der Waals surface area contributed by atoms with E-state index in [9.17, 15) is 4.79 Å². The minimum atomic E-state index is -0.302. The molecule has 0 heterocycles. The van der Waals surface area contributed by atoms with Crippen LogP contribution in [0.2, 0.25) is 5.02 Å². The lowest BCUT2D eigenvalue weighted by atomic mass is 9.73. The van der Waals surface area contributed by atoms with E-state index in [1.165, 1.54) is 6.42 Å². The average molecular weight is 296 g/mol. The van der Waals surface area contributed by atoms with E-state index in [0.717, 1.165) is 19.3 Å². The second kappa shape index (κ2) is 6.46. The first-order valence-corrected chi connectivity index (χ1v) is 7.49. The molecule has 0 aromatic heterocycles. The summed E-state index contributed by atoms with van der Waals surface area (Å²) < 4.78 is 0. The van der Waals surface area contributed by atoms with Crippen molar-refractivity contribution in [1.29, 1.82) is 0 Å². The highest BCUT2D eigenvalue weighted by Crippen LogP contribution is 2.33. The summed E-state index contributed by atoms with van der Waals surface area (Å²) in [6.07, 6.45) is 4.34. The lowest BCUT2D eigenvalue weighted by Gasteiger charge is -2.42. The number of anilines is 1. The van der Waals surface area contributed by atoms with E-state index in [1.54, 1.807) is 12.1 Å². The Bertz CT molecular complexity index is 480. The maximum Gasteiger partial charge on any atom is 0.319 e. The first kappa shape index (κ1) is 15.1. The molecule has 20 heavy (non-hydrogen) atoms. The van der Waals surface area contributed by atoms with Crippen LogP contribution in [0.5, 0.6) is 0 Å². The SMILES string of the molecule is CC1CCCCC1(CN)NC(=O)Nc1ccccc1Cl. The number of benzene rings is 1. The van der Waals surface area contributed by atoms with Crippen molar-refractivity contribution >= 4 is 23.3 Å². The Morgan fingerprint density at radius 3 is 2.85 bits per heavy atom. The smallest absolute Gasteiger partial charge is 0.319 e. The lowest BCUT2D eigenvalue weighted by Crippen LogP contribution is -2.60. The Labute approximate surface area is 125 Å². The summed E-state index contributed by atoms with van der Waals surface area (Å²) in [6, 6.07) is 6.96. The number of hydrogen-bond acceptors (Lipinski definition) is 2. The van der Waals surface area contributed by atoms with Crippen LogP contribution < -0.4 is 16.4 Å². The third kappa shape index (κ3) is 3.25. The van der Waals surface area contributed by atoms with Crippen molar-refractivity contribution in [2.45, 2.75) is 38.1 Å². The van der Waals surface area contributed by atoms with Crippen LogP contribution in [-0.4, -0.2) is 18.1 Å². The monoisotopic (exact) mass is 295 g/mol. The summed E-state index contributed by atoms with van der Waals surface area (Å²) in [7, 11) is 0. The number of nitrogens with two attached hydrogens (primary N) is 1. The summed E-state index contributed by atoms with van der Waals surface area (Å²) in [5, 5.41) is 6.40. The third-order valence-corrected chi connectivity index (χ3v) is 4.63. The van der Waals surface area contributed by atoms with Crippen molar-refractivity contribution in [3.05, 3.63) is 29.3 Å². The van der Waals surface area contributed by atoms with Crippen LogP contribution in [0.3, 0.4) is 0 Å². The standard InChI is InChI=1S/C15H22ClN3O/c1-11-6-4-5-9-15(11,10-17)19-14(20)18-13-8-3-2-7-12(13)16/h2-3,7-8,11H,4-6,9-10,17H2,1H3,(H2,18,19,20). The number of carbonyl (C=O) groups excluding carboxylic acids is 1. The highest BCUT2D eigenvalue weighted by atomic mass is 35.5. The van der Waals surface area contributed by atoms with Gasteiger partial charge in [0.05, 0.1) is 16.2 Å². The molecule has 1 saturated carbocycles. The highest BCUT2D eigenvalue weighted by Gasteiger charge is 2.38. The topological polar surface area (TPSA) is 67.1 Å². The zero-order valence-electron chi connectivity index (χ0n) is 11.8. The van der Waals surface area contributed by atoms with E-state index in [2.05, 4.69) is 17.6 Å². The van der Waals surface area contributed by atoms with E-state index in [-0.39, 0.29) is 11.6 Å². The van der Waals surface area contributed by atoms with Crippen LogP contribution in [0.4, 0.5) is 10.5 Å². The van der Waals surface area contributed by atoms with Gasteiger partial charge in [0.25, 0.3) is 0 Å². The van der Waals surface area contributed by atoms with Crippen LogP contribution >= 0.6 is 11.6 Å². The van der Waals surface area contributed by atoms with Gasteiger partial charge in [-0.25, -0.2) is 4.79 Å². The van der Waals surface area contributed by atoms with Crippen LogP contribution in [0, 0.1) is 5.92 Å². The molecule has 4 N–H and O–H groups in total. The number of carbonyl (C=O) groups is 1. The zero-order valence-corrected chi connectivity index (χ0v) is 12.5. The third-order valence-electron chi connectivity index (χ3n) is 4.30. The van der Waals surface area contributed by atoms with Gasteiger partial charge in [0.15, 0.2) is 0 Å². The van der Waals surface area contributed by atoms with E-state index in [0.29, 0.717) is 23.2 Å². The normalized spacial score (nSPS) is 26.1. The van der Waals surface area contributed by atoms with Gasteiger partial charge in [-0.05, 0) is 30.9 Å². The number of hydrogen-bond donors (Lipinski definition) is 3. The molecule has 2 amide bonds. The fourth-order valence-electron chi connectivity index (χ4n) is 2.90. The van der Waals surface area contributed by atoms with Crippen molar-refractivity contribution in [3.8, 4) is 0 Å². The van der Waals surface area contributed by atoms with Crippen molar-refractivity contribution in [1.82, 2.24) is 5.32 Å². The van der Waals surface area contributed by atoms with Crippen molar-refractivity contribution in [3.63, 3.8) is 0 Å². The van der Waals surface area contributed by atoms with E-state index in [1.807, 2.05) is 12.1 Å². The molecule has 1 aliphatic rings. The summed E-state index contributed by atoms with van der Waals surface area (Å²) in [6.45, 7) is 2.62. The molecule has 0 aliphatic heterocycles. The van der Waals surface area contributed by atoms with Crippen LogP contribution in [-0.2, 0) is 0 Å². The van der Waals surface area contributed by atoms with Gasteiger partial charge < -0.3 is 16.4 Å². The Balaban J connectivity index is 2.04. The van der Waals surface area contributed by atoms with Gasteiger partial charge in [-0.2, -0.15) is 0 Å². The minimum absolute atomic E-state index is 0.239. The molecule has 0 saturated heterocycles. The first-order chi connectivity index (χ1) is 9.57. The summed E-state index contributed by atoms with van der Waals surface area (Å²) in [5.41, 5.74) is 6.24. The highest BCUT2D eigenvalue weighted by molar-refractivity contribution is 6.33. The molecule has 5 heteroatoms. The maximum atomic E-state index is 12.2. The van der Waals surface area contributed by atoms with Gasteiger partial charge in [-0.1, -0.05) is 43.5 Å². The van der Waals surface area contributed by atoms with Gasteiger partial charge in [0, 0.05) is 6.54 Å². The fourth-order valence-corrected chi connectivity index (χ4v) is 3.08. The van der Waals surface area contributed by atoms with Crippen LogP contribution in [0.25, 0.3) is 0 Å². The van der Waals surface area contributed by atoms with Crippen molar-refractivity contribution < 1.29 is 4.79 Å². The van der Waals surface area contributed by atoms with Gasteiger partial charge in [0.2, 0.25) is 0 Å². The molecule has 0 spiro atoms. The Kier molecular flexibility index (Phi) is 4.89. The van der Waals surface area contributed by atoms with Crippen molar-refractivity contribution in [2.75, 3.05) is 11.9 Å². The number of halogens is 1. The molecular formula is C15H22ClN3O. The number of amides is 2. The summed E-state index contributed by atoms with van der Waals surface area (Å²) >= 11 is 6.04. The summed E-state index contributed by atoms with van der Waals surface area (Å²) in [4.78, 5) is 12.2. The molecule has 1 fully saturated rings. The molecule has 1 aromatic carbocycles. The van der Waals surface area contributed by atoms with E-state index in [4.69, 9.17) is 17.3 Å². The molecule has 110 valence electrons. The fraction of sp³-hybridized carbons (Fsp3) is 0.533. The quantitative estimate of drug-likeness (QED) is 0.800. The zero-order chi connectivity index (χ0) is 14.6. The first-order valence-electron chi connectivity index (χ1n) is 7.11. The number of nitrogens with one attached hydrogen (secondary N) is 2. The molecule has 2 atom stereocenters. The van der Waals surface area contributed by atoms with Gasteiger partial charge in [-0.3, -0.25) is 0 Å². The minimum Gasteiger partial charge on any atom is -0.331 e. The largest absolute Gasteiger partial charge is 0.331 e. The van der Waals surface area contributed by atoms with Crippen LogP contribution in [0.15, 0.2) is 24.3 Å². The molecule has 2 unspecified atom stereocenters. The Morgan fingerprint density at radius 1 is 1.45 bits per heavy atom. The number of para-hydroxylation sites is 1. The summed E-state index contributed by atoms with van der Waals surface area (Å²) in [5.74, 6) is 0.387. The molecule has 4 nitrogen and oxygen atoms in total. The molecule has 0 radical (unpaired) electrons. The predicted octanol–water partition coefficient (Wildman–Crippen LogP) is 3.37. The number of urea groups is 1. The van der Waals surface area contributed by atoms with E-state index < -0.39 is 0 Å².